The Balaban J connectivity index is 1.81. The molecule has 2 amide bonds. The maximum Gasteiger partial charge on any atom is 0.416 e. The standard InChI is InChI=1S/C26H35F3N4O3S/c1-14(2)32-22(25(4,5)6)24(36)33-12-18(34)10-20(33)23(35)30-11-17-8-7-16(9-19(17)26(27,28)29)21-15(3)31-13-37-21/h7-9,13-14,18,20,22,32,34H,10-12H2,1-6H3,(H,30,35)/t18-,20+,22-/m1/s1. The van der Waals surface area contributed by atoms with Crippen molar-refractivity contribution in [2.75, 3.05) is 6.54 Å². The second-order valence-electron chi connectivity index (χ2n) is 10.9. The molecule has 0 bridgehead atoms. The average molecular weight is 541 g/mol. The topological polar surface area (TPSA) is 94.6 Å². The van der Waals surface area contributed by atoms with Gasteiger partial charge in [0, 0.05) is 25.6 Å². The third-order valence-corrected chi connectivity index (χ3v) is 7.33. The summed E-state index contributed by atoms with van der Waals surface area (Å²) in [5.74, 6) is -0.921. The van der Waals surface area contributed by atoms with E-state index in [0.717, 1.165) is 6.07 Å². The minimum Gasteiger partial charge on any atom is -0.391 e. The number of halogens is 3. The number of alkyl halides is 3. The van der Waals surface area contributed by atoms with E-state index in [0.29, 0.717) is 16.1 Å². The number of aryl methyl sites for hydroxylation is 1. The zero-order valence-corrected chi connectivity index (χ0v) is 22.8. The molecular formula is C26H35F3N4O3S. The maximum atomic E-state index is 13.9. The number of rotatable bonds is 7. The number of β-amino-alcohol motifs (C(OH)–C–C–N with tert-alkyl or cyclic N) is 1. The Morgan fingerprint density at radius 3 is 2.46 bits per heavy atom. The zero-order valence-electron chi connectivity index (χ0n) is 21.9. The lowest BCUT2D eigenvalue weighted by atomic mass is 9.85. The van der Waals surface area contributed by atoms with E-state index in [2.05, 4.69) is 15.6 Å². The van der Waals surface area contributed by atoms with Crippen molar-refractivity contribution in [2.45, 2.75) is 84.9 Å². The van der Waals surface area contributed by atoms with Crippen molar-refractivity contribution in [3.05, 3.63) is 40.5 Å². The number of nitrogens with one attached hydrogen (secondary N) is 2. The van der Waals surface area contributed by atoms with E-state index >= 15 is 0 Å². The van der Waals surface area contributed by atoms with Crippen molar-refractivity contribution < 1.29 is 27.9 Å². The van der Waals surface area contributed by atoms with Gasteiger partial charge in [0.05, 0.1) is 33.8 Å². The second kappa shape index (κ2) is 11.1. The Labute approximate surface area is 219 Å². The van der Waals surface area contributed by atoms with Gasteiger partial charge in [-0.25, -0.2) is 4.98 Å². The Hall–Kier alpha value is -2.50. The molecule has 7 nitrogen and oxygen atoms in total. The molecule has 1 fully saturated rings. The Morgan fingerprint density at radius 1 is 1.24 bits per heavy atom. The zero-order chi connectivity index (χ0) is 27.7. The molecule has 0 radical (unpaired) electrons. The third-order valence-electron chi connectivity index (χ3n) is 6.35. The van der Waals surface area contributed by atoms with Gasteiger partial charge in [-0.05, 0) is 29.5 Å². The molecule has 1 aliphatic heterocycles. The molecule has 3 N–H and O–H groups in total. The van der Waals surface area contributed by atoms with Crippen LogP contribution in [0, 0.1) is 12.3 Å². The molecule has 3 atom stereocenters. The summed E-state index contributed by atoms with van der Waals surface area (Å²) in [5.41, 5.74) is 1.24. The van der Waals surface area contributed by atoms with Gasteiger partial charge in [0.25, 0.3) is 0 Å². The number of hydrogen-bond acceptors (Lipinski definition) is 6. The molecule has 1 saturated heterocycles. The number of amides is 2. The van der Waals surface area contributed by atoms with Crippen molar-refractivity contribution in [1.82, 2.24) is 20.5 Å². The van der Waals surface area contributed by atoms with E-state index in [1.54, 1.807) is 18.5 Å². The highest BCUT2D eigenvalue weighted by atomic mass is 32.1. The lowest BCUT2D eigenvalue weighted by molar-refractivity contribution is -0.142. The minimum absolute atomic E-state index is 0.00508. The second-order valence-corrected chi connectivity index (χ2v) is 11.7. The molecule has 1 aromatic heterocycles. The van der Waals surface area contributed by atoms with E-state index < -0.39 is 41.2 Å². The maximum absolute atomic E-state index is 13.9. The highest BCUT2D eigenvalue weighted by Crippen LogP contribution is 2.37. The molecule has 2 heterocycles. The summed E-state index contributed by atoms with van der Waals surface area (Å²) in [4.78, 5) is 32.6. The van der Waals surface area contributed by atoms with Crippen LogP contribution in [0.25, 0.3) is 10.4 Å². The van der Waals surface area contributed by atoms with E-state index in [9.17, 15) is 27.9 Å². The van der Waals surface area contributed by atoms with E-state index in [4.69, 9.17) is 0 Å². The van der Waals surface area contributed by atoms with Gasteiger partial charge in [-0.1, -0.05) is 46.8 Å². The van der Waals surface area contributed by atoms with Crippen LogP contribution in [0.1, 0.15) is 57.9 Å². The Morgan fingerprint density at radius 2 is 1.92 bits per heavy atom. The number of aromatic nitrogens is 1. The molecule has 3 rings (SSSR count). The van der Waals surface area contributed by atoms with Crippen LogP contribution < -0.4 is 10.6 Å². The van der Waals surface area contributed by atoms with Crippen LogP contribution >= 0.6 is 11.3 Å². The molecule has 1 aliphatic rings. The fourth-order valence-corrected chi connectivity index (χ4v) is 5.31. The highest BCUT2D eigenvalue weighted by molar-refractivity contribution is 7.13. The first-order chi connectivity index (χ1) is 17.1. The van der Waals surface area contributed by atoms with Crippen molar-refractivity contribution >= 4 is 23.2 Å². The van der Waals surface area contributed by atoms with Gasteiger partial charge in [-0.15, -0.1) is 11.3 Å². The summed E-state index contributed by atoms with van der Waals surface area (Å²) in [6.45, 7) is 10.9. The smallest absolute Gasteiger partial charge is 0.391 e. The molecule has 0 spiro atoms. The van der Waals surface area contributed by atoms with E-state index in [1.165, 1.54) is 22.3 Å². The molecule has 204 valence electrons. The molecule has 0 unspecified atom stereocenters. The van der Waals surface area contributed by atoms with Crippen molar-refractivity contribution in [1.29, 1.82) is 0 Å². The van der Waals surface area contributed by atoms with E-state index in [1.807, 2.05) is 34.6 Å². The number of aliphatic hydroxyl groups is 1. The summed E-state index contributed by atoms with van der Waals surface area (Å²) >= 11 is 1.26. The first-order valence-electron chi connectivity index (χ1n) is 12.2. The molecule has 0 aliphatic carbocycles. The number of aliphatic hydroxyl groups excluding tert-OH is 1. The van der Waals surface area contributed by atoms with E-state index in [-0.39, 0.29) is 37.0 Å². The number of nitrogens with zero attached hydrogens (tertiary/aromatic N) is 2. The fraction of sp³-hybridized carbons (Fsp3) is 0.577. The van der Waals surface area contributed by atoms with Gasteiger partial charge in [-0.3, -0.25) is 9.59 Å². The van der Waals surface area contributed by atoms with Crippen LogP contribution in [0.15, 0.2) is 23.7 Å². The average Bonchev–Trinajstić information content (AvgIpc) is 3.39. The number of thiazole rings is 1. The molecule has 2 aromatic rings. The van der Waals surface area contributed by atoms with Crippen LogP contribution in [0.3, 0.4) is 0 Å². The number of benzene rings is 1. The summed E-state index contributed by atoms with van der Waals surface area (Å²) in [5, 5.41) is 16.1. The summed E-state index contributed by atoms with van der Waals surface area (Å²) in [7, 11) is 0. The molecule has 37 heavy (non-hydrogen) atoms. The highest BCUT2D eigenvalue weighted by Gasteiger charge is 2.44. The van der Waals surface area contributed by atoms with Crippen LogP contribution in [0.5, 0.6) is 0 Å². The van der Waals surface area contributed by atoms with Gasteiger partial charge in [-0.2, -0.15) is 13.2 Å². The normalized spacial score (nSPS) is 19.4. The van der Waals surface area contributed by atoms with Crippen LogP contribution in [0.2, 0.25) is 0 Å². The minimum atomic E-state index is -4.62. The summed E-state index contributed by atoms with van der Waals surface area (Å²) in [6.07, 6.45) is -5.50. The predicted molar refractivity (Wildman–Crippen MR) is 137 cm³/mol. The molecule has 11 heteroatoms. The monoisotopic (exact) mass is 540 g/mol. The molecule has 1 aromatic carbocycles. The molecule has 0 saturated carbocycles. The quantitative estimate of drug-likeness (QED) is 0.491. The van der Waals surface area contributed by atoms with Gasteiger partial charge in [0.2, 0.25) is 11.8 Å². The van der Waals surface area contributed by atoms with Gasteiger partial charge < -0.3 is 20.6 Å². The van der Waals surface area contributed by atoms with Crippen LogP contribution in [-0.2, 0) is 22.3 Å². The first-order valence-corrected chi connectivity index (χ1v) is 13.1. The van der Waals surface area contributed by atoms with Gasteiger partial charge in [0.15, 0.2) is 0 Å². The number of carbonyl (C=O) groups excluding carboxylic acids is 2. The third kappa shape index (κ3) is 6.88. The lowest BCUT2D eigenvalue weighted by Gasteiger charge is -2.36. The van der Waals surface area contributed by atoms with Crippen LogP contribution in [-0.4, -0.2) is 57.6 Å². The van der Waals surface area contributed by atoms with Crippen molar-refractivity contribution in [3.8, 4) is 10.4 Å². The summed E-state index contributed by atoms with van der Waals surface area (Å²) in [6, 6.07) is 2.43. The molecular weight excluding hydrogens is 505 g/mol. The Kier molecular flexibility index (Phi) is 8.71. The number of carbonyl (C=O) groups is 2. The van der Waals surface area contributed by atoms with Crippen LogP contribution in [0.4, 0.5) is 13.2 Å². The largest absolute Gasteiger partial charge is 0.416 e. The predicted octanol–water partition coefficient (Wildman–Crippen LogP) is 4.13. The number of likely N-dealkylation sites (tertiary alicyclic amines) is 1. The van der Waals surface area contributed by atoms with Gasteiger partial charge in [0.1, 0.15) is 6.04 Å². The SMILES string of the molecule is Cc1ncsc1-c1ccc(CNC(=O)[C@@H]2C[C@@H](O)CN2C(=O)[C@@H](NC(C)C)C(C)(C)C)c(C(F)(F)F)c1. The van der Waals surface area contributed by atoms with Crippen molar-refractivity contribution in [3.63, 3.8) is 0 Å². The fourth-order valence-electron chi connectivity index (χ4n) is 4.51. The van der Waals surface area contributed by atoms with Gasteiger partial charge >= 0.3 is 6.18 Å². The Bertz CT molecular complexity index is 1130. The van der Waals surface area contributed by atoms with Crippen molar-refractivity contribution in [2.24, 2.45) is 5.41 Å². The lowest BCUT2D eigenvalue weighted by Crippen LogP contribution is -2.57. The first kappa shape index (κ1) is 29.1. The summed E-state index contributed by atoms with van der Waals surface area (Å²) < 4.78 is 41.7. The number of hydrogen-bond donors (Lipinski definition) is 3.